The first kappa shape index (κ1) is 16.3. The SMILES string of the molecule is CCCNCc1ccc(OC)c(CN2CCCOCC2)c1. The van der Waals surface area contributed by atoms with Crippen LogP contribution in [0.15, 0.2) is 18.2 Å². The summed E-state index contributed by atoms with van der Waals surface area (Å²) in [7, 11) is 1.75. The molecule has 1 N–H and O–H groups in total. The van der Waals surface area contributed by atoms with E-state index in [1.807, 2.05) is 0 Å². The molecule has 0 saturated carbocycles. The summed E-state index contributed by atoms with van der Waals surface area (Å²) in [5, 5.41) is 3.46. The van der Waals surface area contributed by atoms with Gasteiger partial charge >= 0.3 is 0 Å². The van der Waals surface area contributed by atoms with Crippen molar-refractivity contribution in [1.82, 2.24) is 10.2 Å². The number of hydrogen-bond donors (Lipinski definition) is 1. The van der Waals surface area contributed by atoms with Crippen LogP contribution in [0.1, 0.15) is 30.9 Å². The molecule has 1 aromatic rings. The van der Waals surface area contributed by atoms with Gasteiger partial charge in [-0.05, 0) is 37.1 Å². The maximum Gasteiger partial charge on any atom is 0.123 e. The Morgan fingerprint density at radius 3 is 3.00 bits per heavy atom. The molecular formula is C17H28N2O2. The van der Waals surface area contributed by atoms with Gasteiger partial charge in [-0.2, -0.15) is 0 Å². The van der Waals surface area contributed by atoms with E-state index in [1.165, 1.54) is 11.1 Å². The number of benzene rings is 1. The lowest BCUT2D eigenvalue weighted by Crippen LogP contribution is -2.26. The van der Waals surface area contributed by atoms with Gasteiger partial charge in [0, 0.05) is 38.3 Å². The molecule has 0 unspecified atom stereocenters. The molecule has 1 fully saturated rings. The third-order valence-electron chi connectivity index (χ3n) is 3.81. The number of rotatable bonds is 7. The van der Waals surface area contributed by atoms with Crippen molar-refractivity contribution >= 4 is 0 Å². The van der Waals surface area contributed by atoms with Gasteiger partial charge < -0.3 is 14.8 Å². The van der Waals surface area contributed by atoms with Gasteiger partial charge in [-0.25, -0.2) is 0 Å². The van der Waals surface area contributed by atoms with Gasteiger partial charge in [0.2, 0.25) is 0 Å². The van der Waals surface area contributed by atoms with E-state index in [0.29, 0.717) is 0 Å². The van der Waals surface area contributed by atoms with Gasteiger partial charge in [-0.1, -0.05) is 13.0 Å². The first-order valence-electron chi connectivity index (χ1n) is 8.00. The van der Waals surface area contributed by atoms with Gasteiger partial charge in [-0.3, -0.25) is 4.90 Å². The molecule has 1 aromatic carbocycles. The van der Waals surface area contributed by atoms with Gasteiger partial charge in [0.25, 0.3) is 0 Å². The summed E-state index contributed by atoms with van der Waals surface area (Å²) in [6, 6.07) is 6.51. The Labute approximate surface area is 128 Å². The molecule has 0 aromatic heterocycles. The minimum atomic E-state index is 0.833. The Morgan fingerprint density at radius 2 is 2.19 bits per heavy atom. The zero-order valence-corrected chi connectivity index (χ0v) is 13.4. The Bertz CT molecular complexity index is 415. The number of nitrogens with zero attached hydrogens (tertiary/aromatic N) is 1. The fraction of sp³-hybridized carbons (Fsp3) is 0.647. The van der Waals surface area contributed by atoms with Crippen molar-refractivity contribution in [3.05, 3.63) is 29.3 Å². The maximum absolute atomic E-state index is 5.53. The van der Waals surface area contributed by atoms with E-state index in [-0.39, 0.29) is 0 Å². The van der Waals surface area contributed by atoms with E-state index in [9.17, 15) is 0 Å². The number of nitrogens with one attached hydrogen (secondary N) is 1. The molecule has 0 spiro atoms. The number of ether oxygens (including phenoxy) is 2. The van der Waals surface area contributed by atoms with Crippen LogP contribution in [0.3, 0.4) is 0 Å². The second kappa shape index (κ2) is 9.03. The minimum Gasteiger partial charge on any atom is -0.496 e. The molecule has 4 nitrogen and oxygen atoms in total. The minimum absolute atomic E-state index is 0.833. The molecule has 0 amide bonds. The predicted octanol–water partition coefficient (Wildman–Crippen LogP) is 2.42. The smallest absolute Gasteiger partial charge is 0.123 e. The summed E-state index contributed by atoms with van der Waals surface area (Å²) in [5.74, 6) is 0.986. The Morgan fingerprint density at radius 1 is 1.29 bits per heavy atom. The standard InChI is InChI=1S/C17H28N2O2/c1-3-7-18-13-15-5-6-17(20-2)16(12-15)14-19-8-4-10-21-11-9-19/h5-6,12,18H,3-4,7-11,13-14H2,1-2H3. The molecule has 1 aliphatic heterocycles. The van der Waals surface area contributed by atoms with Gasteiger partial charge in [0.1, 0.15) is 5.75 Å². The van der Waals surface area contributed by atoms with Gasteiger partial charge in [-0.15, -0.1) is 0 Å². The Balaban J connectivity index is 2.02. The first-order chi connectivity index (χ1) is 10.3. The monoisotopic (exact) mass is 292 g/mol. The summed E-state index contributed by atoms with van der Waals surface area (Å²) >= 11 is 0. The summed E-state index contributed by atoms with van der Waals surface area (Å²) < 4.78 is 11.0. The predicted molar refractivity (Wildman–Crippen MR) is 85.7 cm³/mol. The molecule has 21 heavy (non-hydrogen) atoms. The fourth-order valence-electron chi connectivity index (χ4n) is 2.67. The van der Waals surface area contributed by atoms with Crippen molar-refractivity contribution in [3.63, 3.8) is 0 Å². The van der Waals surface area contributed by atoms with Crippen LogP contribution in [0.4, 0.5) is 0 Å². The van der Waals surface area contributed by atoms with Crippen LogP contribution in [0.2, 0.25) is 0 Å². The highest BCUT2D eigenvalue weighted by molar-refractivity contribution is 5.37. The van der Waals surface area contributed by atoms with Crippen molar-refractivity contribution in [1.29, 1.82) is 0 Å². The van der Waals surface area contributed by atoms with Crippen molar-refractivity contribution in [2.45, 2.75) is 32.9 Å². The normalized spacial score (nSPS) is 16.7. The highest BCUT2D eigenvalue weighted by Crippen LogP contribution is 2.22. The molecule has 2 rings (SSSR count). The zero-order valence-electron chi connectivity index (χ0n) is 13.4. The zero-order chi connectivity index (χ0) is 14.9. The summed E-state index contributed by atoms with van der Waals surface area (Å²) in [6.07, 6.45) is 2.27. The lowest BCUT2D eigenvalue weighted by Gasteiger charge is -2.21. The van der Waals surface area contributed by atoms with Crippen LogP contribution in [-0.2, 0) is 17.8 Å². The van der Waals surface area contributed by atoms with Gasteiger partial charge in [0.05, 0.1) is 13.7 Å². The van der Waals surface area contributed by atoms with E-state index in [1.54, 1.807) is 7.11 Å². The van der Waals surface area contributed by atoms with E-state index in [4.69, 9.17) is 9.47 Å². The summed E-state index contributed by atoms with van der Waals surface area (Å²) in [5.41, 5.74) is 2.60. The second-order valence-electron chi connectivity index (χ2n) is 5.57. The molecule has 118 valence electrons. The lowest BCUT2D eigenvalue weighted by atomic mass is 10.1. The van der Waals surface area contributed by atoms with Crippen molar-refractivity contribution in [3.8, 4) is 5.75 Å². The molecule has 1 heterocycles. The van der Waals surface area contributed by atoms with E-state index in [2.05, 4.69) is 35.3 Å². The third kappa shape index (κ3) is 5.30. The van der Waals surface area contributed by atoms with E-state index >= 15 is 0 Å². The molecule has 4 heteroatoms. The molecule has 0 radical (unpaired) electrons. The van der Waals surface area contributed by atoms with Crippen molar-refractivity contribution < 1.29 is 9.47 Å². The summed E-state index contributed by atoms with van der Waals surface area (Å²) in [6.45, 7) is 8.93. The third-order valence-corrected chi connectivity index (χ3v) is 3.81. The number of methoxy groups -OCH3 is 1. The maximum atomic E-state index is 5.53. The largest absolute Gasteiger partial charge is 0.496 e. The van der Waals surface area contributed by atoms with Crippen LogP contribution in [0.25, 0.3) is 0 Å². The van der Waals surface area contributed by atoms with E-state index < -0.39 is 0 Å². The first-order valence-corrected chi connectivity index (χ1v) is 8.00. The second-order valence-corrected chi connectivity index (χ2v) is 5.57. The molecule has 1 saturated heterocycles. The molecular weight excluding hydrogens is 264 g/mol. The molecule has 0 bridgehead atoms. The van der Waals surface area contributed by atoms with Crippen molar-refractivity contribution in [2.75, 3.05) is 40.0 Å². The topological polar surface area (TPSA) is 33.7 Å². The Kier molecular flexibility index (Phi) is 7.00. The Hall–Kier alpha value is -1.10. The molecule has 0 aliphatic carbocycles. The molecule has 0 atom stereocenters. The quantitative estimate of drug-likeness (QED) is 0.783. The fourth-order valence-corrected chi connectivity index (χ4v) is 2.67. The van der Waals surface area contributed by atoms with E-state index in [0.717, 1.165) is 64.5 Å². The van der Waals surface area contributed by atoms with Crippen LogP contribution in [0, 0.1) is 0 Å². The summed E-state index contributed by atoms with van der Waals surface area (Å²) in [4.78, 5) is 2.45. The highest BCUT2D eigenvalue weighted by atomic mass is 16.5. The number of hydrogen-bond acceptors (Lipinski definition) is 4. The van der Waals surface area contributed by atoms with Gasteiger partial charge in [0.15, 0.2) is 0 Å². The molecule has 1 aliphatic rings. The van der Waals surface area contributed by atoms with Crippen LogP contribution in [0.5, 0.6) is 5.75 Å². The lowest BCUT2D eigenvalue weighted by molar-refractivity contribution is 0.140. The van der Waals surface area contributed by atoms with Crippen LogP contribution in [-0.4, -0.2) is 44.9 Å². The van der Waals surface area contributed by atoms with Crippen LogP contribution < -0.4 is 10.1 Å². The average Bonchev–Trinajstić information content (AvgIpc) is 2.77. The van der Waals surface area contributed by atoms with Crippen molar-refractivity contribution in [2.24, 2.45) is 0 Å². The van der Waals surface area contributed by atoms with Crippen LogP contribution >= 0.6 is 0 Å². The average molecular weight is 292 g/mol. The highest BCUT2D eigenvalue weighted by Gasteiger charge is 2.13.